The summed E-state index contributed by atoms with van der Waals surface area (Å²) < 4.78 is 0. The molecule has 1 aromatic rings. The average molecular weight is 283 g/mol. The zero-order valence-corrected chi connectivity index (χ0v) is 13.0. The van der Waals surface area contributed by atoms with Gasteiger partial charge in [0.1, 0.15) is 0 Å². The third-order valence-corrected chi connectivity index (χ3v) is 4.53. The summed E-state index contributed by atoms with van der Waals surface area (Å²) in [5, 5.41) is 1.07. The number of hydrogen-bond donors (Lipinski definition) is 0. The molecule has 1 rings (SSSR count). The molecule has 0 atom stereocenters. The van der Waals surface area contributed by atoms with Gasteiger partial charge in [-0.15, -0.1) is 0 Å². The van der Waals surface area contributed by atoms with E-state index >= 15 is 0 Å². The number of thioether (sulfide) groups is 1. The highest BCUT2D eigenvalue weighted by Crippen LogP contribution is 2.35. The molecule has 0 saturated carbocycles. The van der Waals surface area contributed by atoms with E-state index in [4.69, 9.17) is 11.6 Å². The Bertz CT molecular complexity index is 357. The van der Waals surface area contributed by atoms with Crippen molar-refractivity contribution in [2.75, 3.05) is 0 Å². The van der Waals surface area contributed by atoms with Gasteiger partial charge in [-0.3, -0.25) is 0 Å². The quantitative estimate of drug-likeness (QED) is 0.483. The van der Waals surface area contributed by atoms with E-state index in [1.165, 1.54) is 35.5 Å². The Balaban J connectivity index is 2.71. The topological polar surface area (TPSA) is 0 Å². The second-order valence-electron chi connectivity index (χ2n) is 4.45. The summed E-state index contributed by atoms with van der Waals surface area (Å²) >= 11 is 8.30. The van der Waals surface area contributed by atoms with Gasteiger partial charge in [0.25, 0.3) is 0 Å². The maximum absolute atomic E-state index is 6.47. The molecule has 100 valence electrons. The lowest BCUT2D eigenvalue weighted by Gasteiger charge is -2.10. The summed E-state index contributed by atoms with van der Waals surface area (Å²) in [6, 6.07) is 10.5. The first-order valence-electron chi connectivity index (χ1n) is 6.88. The zero-order chi connectivity index (χ0) is 13.2. The van der Waals surface area contributed by atoms with Gasteiger partial charge in [0.05, 0.1) is 0 Å². The van der Waals surface area contributed by atoms with E-state index in [1.54, 1.807) is 0 Å². The first kappa shape index (κ1) is 15.7. The molecule has 0 saturated heterocycles. The summed E-state index contributed by atoms with van der Waals surface area (Å²) in [4.78, 5) is 2.65. The molecule has 0 heterocycles. The van der Waals surface area contributed by atoms with Gasteiger partial charge in [0.2, 0.25) is 0 Å². The van der Waals surface area contributed by atoms with Gasteiger partial charge < -0.3 is 0 Å². The summed E-state index contributed by atoms with van der Waals surface area (Å²) in [5.41, 5.74) is 0. The minimum atomic E-state index is 1.02. The number of benzene rings is 1. The van der Waals surface area contributed by atoms with Crippen LogP contribution in [0.2, 0.25) is 0 Å². The van der Waals surface area contributed by atoms with Crippen molar-refractivity contribution in [3.05, 3.63) is 40.3 Å². The van der Waals surface area contributed by atoms with Crippen LogP contribution in [0.4, 0.5) is 0 Å². The molecule has 0 aliphatic heterocycles. The van der Waals surface area contributed by atoms with E-state index in [0.29, 0.717) is 0 Å². The first-order chi connectivity index (χ1) is 8.77. The largest absolute Gasteiger partial charge is 0.0933 e. The molecular formula is C16H23ClS. The van der Waals surface area contributed by atoms with Crippen LogP contribution in [-0.2, 0) is 0 Å². The molecule has 0 unspecified atom stereocenters. The molecule has 0 spiro atoms. The van der Waals surface area contributed by atoms with Crippen molar-refractivity contribution in [1.29, 1.82) is 0 Å². The van der Waals surface area contributed by atoms with Gasteiger partial charge in [-0.1, -0.05) is 68.3 Å². The van der Waals surface area contributed by atoms with Crippen molar-refractivity contribution in [2.45, 2.75) is 57.3 Å². The van der Waals surface area contributed by atoms with E-state index in [0.717, 1.165) is 17.9 Å². The molecular weight excluding hydrogens is 260 g/mol. The molecule has 0 aliphatic rings. The fraction of sp³-hybridized carbons (Fsp3) is 0.500. The normalized spacial score (nSPS) is 12.4. The lowest BCUT2D eigenvalue weighted by Crippen LogP contribution is -1.86. The number of allylic oxidation sites excluding steroid dienone is 2. The predicted molar refractivity (Wildman–Crippen MR) is 84.2 cm³/mol. The van der Waals surface area contributed by atoms with Crippen molar-refractivity contribution >= 4 is 23.4 Å². The zero-order valence-electron chi connectivity index (χ0n) is 11.4. The number of rotatable bonds is 8. The SMILES string of the molecule is CCCC/C(Cl)=C(/CCCC)Sc1ccccc1. The van der Waals surface area contributed by atoms with Gasteiger partial charge >= 0.3 is 0 Å². The van der Waals surface area contributed by atoms with Gasteiger partial charge in [0.15, 0.2) is 0 Å². The van der Waals surface area contributed by atoms with Crippen LogP contribution in [0.1, 0.15) is 52.4 Å². The van der Waals surface area contributed by atoms with Crippen LogP contribution >= 0.6 is 23.4 Å². The number of hydrogen-bond acceptors (Lipinski definition) is 1. The summed E-state index contributed by atoms with van der Waals surface area (Å²) in [6.45, 7) is 4.44. The molecule has 1 aromatic carbocycles. The van der Waals surface area contributed by atoms with Crippen LogP contribution in [0.5, 0.6) is 0 Å². The highest BCUT2D eigenvalue weighted by atomic mass is 35.5. The van der Waals surface area contributed by atoms with E-state index in [-0.39, 0.29) is 0 Å². The van der Waals surface area contributed by atoms with Gasteiger partial charge in [0, 0.05) is 14.8 Å². The smallest absolute Gasteiger partial charge is 0.0279 e. The van der Waals surface area contributed by atoms with Gasteiger partial charge in [-0.05, 0) is 37.8 Å². The average Bonchev–Trinajstić information content (AvgIpc) is 2.42. The molecule has 0 radical (unpaired) electrons. The number of halogens is 1. The second-order valence-corrected chi connectivity index (χ2v) is 6.07. The lowest BCUT2D eigenvalue weighted by atomic mass is 10.2. The van der Waals surface area contributed by atoms with Crippen LogP contribution in [-0.4, -0.2) is 0 Å². The maximum Gasteiger partial charge on any atom is 0.0279 e. The third kappa shape index (κ3) is 5.97. The highest BCUT2D eigenvalue weighted by Gasteiger charge is 2.06. The summed E-state index contributed by atoms with van der Waals surface area (Å²) in [6.07, 6.45) is 6.96. The Kier molecular flexibility index (Phi) is 8.28. The van der Waals surface area contributed by atoms with E-state index < -0.39 is 0 Å². The first-order valence-corrected chi connectivity index (χ1v) is 8.07. The van der Waals surface area contributed by atoms with Crippen molar-refractivity contribution in [1.82, 2.24) is 0 Å². The van der Waals surface area contributed by atoms with Crippen molar-refractivity contribution in [2.24, 2.45) is 0 Å². The van der Waals surface area contributed by atoms with Crippen LogP contribution in [0.3, 0.4) is 0 Å². The fourth-order valence-corrected chi connectivity index (χ4v) is 3.06. The maximum atomic E-state index is 6.47. The Hall–Kier alpha value is -0.400. The molecule has 0 aliphatic carbocycles. The van der Waals surface area contributed by atoms with E-state index in [2.05, 4.69) is 44.2 Å². The lowest BCUT2D eigenvalue weighted by molar-refractivity contribution is 0.781. The minimum Gasteiger partial charge on any atom is -0.0933 e. The Morgan fingerprint density at radius 3 is 2.22 bits per heavy atom. The molecule has 0 N–H and O–H groups in total. The van der Waals surface area contributed by atoms with Gasteiger partial charge in [-0.2, -0.15) is 0 Å². The standard InChI is InChI=1S/C16H23ClS/c1-3-5-12-15(17)16(13-6-4-2)18-14-10-8-7-9-11-14/h7-11H,3-6,12-13H2,1-2H3/b16-15+. The molecule has 0 amide bonds. The Morgan fingerprint density at radius 2 is 1.61 bits per heavy atom. The van der Waals surface area contributed by atoms with Crippen LogP contribution in [0.15, 0.2) is 45.2 Å². The molecule has 0 nitrogen and oxygen atoms in total. The molecule has 18 heavy (non-hydrogen) atoms. The minimum absolute atomic E-state index is 1.02. The monoisotopic (exact) mass is 282 g/mol. The molecule has 0 aromatic heterocycles. The van der Waals surface area contributed by atoms with E-state index in [1.807, 2.05) is 11.8 Å². The Morgan fingerprint density at radius 1 is 1.00 bits per heavy atom. The molecule has 2 heteroatoms. The third-order valence-electron chi connectivity index (χ3n) is 2.79. The Labute approximate surface area is 121 Å². The van der Waals surface area contributed by atoms with Crippen molar-refractivity contribution in [3.8, 4) is 0 Å². The van der Waals surface area contributed by atoms with Crippen LogP contribution in [0, 0.1) is 0 Å². The van der Waals surface area contributed by atoms with Crippen molar-refractivity contribution < 1.29 is 0 Å². The predicted octanol–water partition coefficient (Wildman–Crippen LogP) is 6.61. The molecule has 0 fully saturated rings. The highest BCUT2D eigenvalue weighted by molar-refractivity contribution is 8.03. The van der Waals surface area contributed by atoms with Crippen molar-refractivity contribution in [3.63, 3.8) is 0 Å². The van der Waals surface area contributed by atoms with E-state index in [9.17, 15) is 0 Å². The summed E-state index contributed by atoms with van der Waals surface area (Å²) in [7, 11) is 0. The number of unbranched alkanes of at least 4 members (excludes halogenated alkanes) is 2. The van der Waals surface area contributed by atoms with Crippen LogP contribution in [0.25, 0.3) is 0 Å². The summed E-state index contributed by atoms with van der Waals surface area (Å²) in [5.74, 6) is 0. The van der Waals surface area contributed by atoms with Gasteiger partial charge in [-0.25, -0.2) is 0 Å². The van der Waals surface area contributed by atoms with Crippen LogP contribution < -0.4 is 0 Å². The fourth-order valence-electron chi connectivity index (χ4n) is 1.68. The molecule has 0 bridgehead atoms. The second kappa shape index (κ2) is 9.52.